The fourth-order valence-electron chi connectivity index (χ4n) is 1.61. The maximum atomic E-state index is 12.0. The van der Waals surface area contributed by atoms with Crippen molar-refractivity contribution in [1.82, 2.24) is 0 Å². The van der Waals surface area contributed by atoms with Crippen LogP contribution in [0.25, 0.3) is 0 Å². The highest BCUT2D eigenvalue weighted by atomic mass is 79.9. The van der Waals surface area contributed by atoms with Gasteiger partial charge in [-0.3, -0.25) is 4.79 Å². The van der Waals surface area contributed by atoms with E-state index in [-0.39, 0.29) is 5.78 Å². The topological polar surface area (TPSA) is 43.1 Å². The second-order valence-electron chi connectivity index (χ2n) is 3.79. The summed E-state index contributed by atoms with van der Waals surface area (Å²) in [5.74, 6) is 0.0983. The SMILES string of the molecule is Nc1cc(Br)ccc1C(=O)CCc1ccsc1. The number of benzene rings is 1. The van der Waals surface area contributed by atoms with E-state index in [9.17, 15) is 4.79 Å². The number of nitrogen functional groups attached to an aromatic ring is 1. The zero-order chi connectivity index (χ0) is 12.3. The summed E-state index contributed by atoms with van der Waals surface area (Å²) in [6.07, 6.45) is 1.28. The van der Waals surface area contributed by atoms with E-state index in [1.54, 1.807) is 23.5 Å². The number of halogens is 1. The minimum Gasteiger partial charge on any atom is -0.398 e. The van der Waals surface area contributed by atoms with Crippen LogP contribution in [0, 0.1) is 0 Å². The highest BCUT2D eigenvalue weighted by Crippen LogP contribution is 2.20. The van der Waals surface area contributed by atoms with Crippen molar-refractivity contribution in [3.05, 3.63) is 50.6 Å². The van der Waals surface area contributed by atoms with Crippen LogP contribution >= 0.6 is 27.3 Å². The average molecular weight is 310 g/mol. The van der Waals surface area contributed by atoms with E-state index in [4.69, 9.17) is 5.73 Å². The Morgan fingerprint density at radius 2 is 2.18 bits per heavy atom. The first-order valence-corrected chi connectivity index (χ1v) is 6.99. The minimum absolute atomic E-state index is 0.0983. The Bertz CT molecular complexity index is 522. The molecule has 1 heterocycles. The van der Waals surface area contributed by atoms with Crippen LogP contribution in [0.2, 0.25) is 0 Å². The molecule has 0 aliphatic rings. The zero-order valence-electron chi connectivity index (χ0n) is 9.15. The number of aryl methyl sites for hydroxylation is 1. The lowest BCUT2D eigenvalue weighted by molar-refractivity contribution is 0.0983. The van der Waals surface area contributed by atoms with Gasteiger partial charge in [0.2, 0.25) is 0 Å². The first-order valence-electron chi connectivity index (χ1n) is 5.26. The summed E-state index contributed by atoms with van der Waals surface area (Å²) in [5.41, 5.74) is 8.18. The molecule has 0 saturated carbocycles. The summed E-state index contributed by atoms with van der Waals surface area (Å²) in [6, 6.07) is 7.42. The maximum absolute atomic E-state index is 12.0. The van der Waals surface area contributed by atoms with Crippen LogP contribution in [-0.2, 0) is 6.42 Å². The zero-order valence-corrected chi connectivity index (χ0v) is 11.6. The van der Waals surface area contributed by atoms with Crippen LogP contribution < -0.4 is 5.73 Å². The number of Topliss-reactive ketones (excluding diaryl/α,β-unsaturated/α-hetero) is 1. The number of ketones is 1. The lowest BCUT2D eigenvalue weighted by Crippen LogP contribution is -2.04. The molecule has 0 aliphatic carbocycles. The van der Waals surface area contributed by atoms with Gasteiger partial charge in [-0.25, -0.2) is 0 Å². The van der Waals surface area contributed by atoms with E-state index in [2.05, 4.69) is 21.3 Å². The molecule has 2 N–H and O–H groups in total. The maximum Gasteiger partial charge on any atom is 0.165 e. The molecule has 0 bridgehead atoms. The predicted molar refractivity (Wildman–Crippen MR) is 75.5 cm³/mol. The van der Waals surface area contributed by atoms with Crippen LogP contribution in [0.3, 0.4) is 0 Å². The molecule has 0 saturated heterocycles. The third-order valence-corrected chi connectivity index (χ3v) is 3.76. The van der Waals surface area contributed by atoms with Crippen molar-refractivity contribution in [2.24, 2.45) is 0 Å². The third kappa shape index (κ3) is 3.17. The van der Waals surface area contributed by atoms with Crippen LogP contribution in [0.4, 0.5) is 5.69 Å². The molecule has 0 spiro atoms. The molecule has 0 aliphatic heterocycles. The van der Waals surface area contributed by atoms with Crippen molar-refractivity contribution >= 4 is 38.7 Å². The van der Waals surface area contributed by atoms with Gasteiger partial charge in [-0.15, -0.1) is 0 Å². The number of carbonyl (C=O) groups excluding carboxylic acids is 1. The molecule has 0 atom stereocenters. The highest BCUT2D eigenvalue weighted by Gasteiger charge is 2.10. The van der Waals surface area contributed by atoms with Gasteiger partial charge in [-0.05, 0) is 47.0 Å². The van der Waals surface area contributed by atoms with Crippen molar-refractivity contribution in [2.45, 2.75) is 12.8 Å². The summed E-state index contributed by atoms with van der Waals surface area (Å²) in [5, 5.41) is 4.09. The first-order chi connectivity index (χ1) is 8.16. The van der Waals surface area contributed by atoms with E-state index in [0.717, 1.165) is 10.9 Å². The van der Waals surface area contributed by atoms with Gasteiger partial charge in [-0.2, -0.15) is 11.3 Å². The number of hydrogen-bond acceptors (Lipinski definition) is 3. The van der Waals surface area contributed by atoms with Crippen molar-refractivity contribution in [1.29, 1.82) is 0 Å². The Morgan fingerprint density at radius 1 is 1.35 bits per heavy atom. The standard InChI is InChI=1S/C13H12BrNOS/c14-10-2-3-11(12(15)7-10)13(16)4-1-9-5-6-17-8-9/h2-3,5-8H,1,4,15H2. The molecule has 2 rings (SSSR count). The van der Waals surface area contributed by atoms with Gasteiger partial charge in [-0.1, -0.05) is 15.9 Å². The van der Waals surface area contributed by atoms with Crippen molar-refractivity contribution in [2.75, 3.05) is 5.73 Å². The molecule has 0 radical (unpaired) electrons. The largest absolute Gasteiger partial charge is 0.398 e. The van der Waals surface area contributed by atoms with Crippen molar-refractivity contribution in [3.8, 4) is 0 Å². The second-order valence-corrected chi connectivity index (χ2v) is 5.48. The number of carbonyl (C=O) groups is 1. The number of hydrogen-bond donors (Lipinski definition) is 1. The quantitative estimate of drug-likeness (QED) is 0.687. The van der Waals surface area contributed by atoms with E-state index >= 15 is 0 Å². The molecule has 4 heteroatoms. The molecule has 17 heavy (non-hydrogen) atoms. The summed E-state index contributed by atoms with van der Waals surface area (Å²) in [7, 11) is 0. The average Bonchev–Trinajstić information content (AvgIpc) is 2.78. The number of anilines is 1. The number of thiophene rings is 1. The molecule has 2 aromatic rings. The summed E-state index contributed by atoms with van der Waals surface area (Å²) >= 11 is 4.98. The molecule has 0 fully saturated rings. The molecule has 2 nitrogen and oxygen atoms in total. The van der Waals surface area contributed by atoms with Crippen LogP contribution in [0.15, 0.2) is 39.5 Å². The summed E-state index contributed by atoms with van der Waals surface area (Å²) in [6.45, 7) is 0. The van der Waals surface area contributed by atoms with E-state index in [0.29, 0.717) is 17.7 Å². The van der Waals surface area contributed by atoms with Gasteiger partial charge in [0.1, 0.15) is 0 Å². The van der Waals surface area contributed by atoms with Crippen molar-refractivity contribution < 1.29 is 4.79 Å². The summed E-state index contributed by atoms with van der Waals surface area (Å²) < 4.78 is 0.893. The fourth-order valence-corrected chi connectivity index (χ4v) is 2.70. The van der Waals surface area contributed by atoms with Gasteiger partial charge in [0, 0.05) is 22.1 Å². The van der Waals surface area contributed by atoms with Gasteiger partial charge in [0.25, 0.3) is 0 Å². The van der Waals surface area contributed by atoms with Gasteiger partial charge < -0.3 is 5.73 Å². The van der Waals surface area contributed by atoms with Crippen LogP contribution in [0.1, 0.15) is 22.3 Å². The van der Waals surface area contributed by atoms with Gasteiger partial charge in [0.15, 0.2) is 5.78 Å². The second kappa shape index (κ2) is 5.47. The highest BCUT2D eigenvalue weighted by molar-refractivity contribution is 9.10. The first kappa shape index (κ1) is 12.3. The Hall–Kier alpha value is -1.13. The molecule has 1 aromatic heterocycles. The summed E-state index contributed by atoms with van der Waals surface area (Å²) in [4.78, 5) is 12.0. The Labute approximate surface area is 113 Å². The normalized spacial score (nSPS) is 10.4. The molecule has 1 aromatic carbocycles. The van der Waals surface area contributed by atoms with E-state index in [1.165, 1.54) is 5.56 Å². The van der Waals surface area contributed by atoms with Crippen LogP contribution in [0.5, 0.6) is 0 Å². The monoisotopic (exact) mass is 309 g/mol. The molecular weight excluding hydrogens is 298 g/mol. The molecule has 0 unspecified atom stereocenters. The number of nitrogens with two attached hydrogens (primary N) is 1. The Kier molecular flexibility index (Phi) is 3.97. The molecule has 0 amide bonds. The smallest absolute Gasteiger partial charge is 0.165 e. The fraction of sp³-hybridized carbons (Fsp3) is 0.154. The van der Waals surface area contributed by atoms with Gasteiger partial charge in [0.05, 0.1) is 0 Å². The van der Waals surface area contributed by atoms with Gasteiger partial charge >= 0.3 is 0 Å². The molecule has 88 valence electrons. The van der Waals surface area contributed by atoms with E-state index < -0.39 is 0 Å². The number of rotatable bonds is 4. The lowest BCUT2D eigenvalue weighted by Gasteiger charge is -2.04. The molecular formula is C13H12BrNOS. The predicted octanol–water partition coefficient (Wildman–Crippen LogP) is 3.91. The minimum atomic E-state index is 0.0983. The van der Waals surface area contributed by atoms with Crippen LogP contribution in [-0.4, -0.2) is 5.78 Å². The Balaban J connectivity index is 2.04. The van der Waals surface area contributed by atoms with E-state index in [1.807, 2.05) is 17.5 Å². The lowest BCUT2D eigenvalue weighted by atomic mass is 10.0. The Morgan fingerprint density at radius 3 is 2.82 bits per heavy atom. The van der Waals surface area contributed by atoms with Crippen molar-refractivity contribution in [3.63, 3.8) is 0 Å². The third-order valence-electron chi connectivity index (χ3n) is 2.53.